The number of nitrogens with zero attached hydrogens (tertiary/aromatic N) is 3. The topological polar surface area (TPSA) is 49.2 Å². The molecule has 1 aliphatic heterocycles. The van der Waals surface area contributed by atoms with Crippen molar-refractivity contribution in [3.05, 3.63) is 16.9 Å². The third-order valence-corrected chi connectivity index (χ3v) is 2.85. The summed E-state index contributed by atoms with van der Waals surface area (Å²) in [6, 6.07) is 1.87. The highest BCUT2D eigenvalue weighted by Gasteiger charge is 2.26. The molecule has 1 atom stereocenters. The van der Waals surface area contributed by atoms with Crippen LogP contribution in [0.4, 0.5) is 5.95 Å². The molecule has 0 aliphatic carbocycles. The van der Waals surface area contributed by atoms with Gasteiger partial charge in [0.25, 0.3) is 0 Å². The molecule has 1 aliphatic rings. The first-order valence-electron chi connectivity index (χ1n) is 5.09. The van der Waals surface area contributed by atoms with Crippen molar-refractivity contribution in [1.29, 1.82) is 0 Å². The van der Waals surface area contributed by atoms with E-state index in [1.165, 1.54) is 0 Å². The predicted molar refractivity (Wildman–Crippen MR) is 59.2 cm³/mol. The van der Waals surface area contributed by atoms with Gasteiger partial charge < -0.3 is 10.0 Å². The van der Waals surface area contributed by atoms with Crippen molar-refractivity contribution in [3.8, 4) is 0 Å². The molecule has 0 radical (unpaired) electrons. The van der Waals surface area contributed by atoms with Gasteiger partial charge in [0.15, 0.2) is 0 Å². The fourth-order valence-electron chi connectivity index (χ4n) is 1.93. The summed E-state index contributed by atoms with van der Waals surface area (Å²) in [5, 5.41) is 9.67. The average molecular weight is 228 g/mol. The van der Waals surface area contributed by atoms with Gasteiger partial charge in [0, 0.05) is 12.2 Å². The standard InChI is InChI=1S/C10H14ClN3O/c1-7-5-9(11)13-10(12-7)14-4-2-3-8(14)6-15/h5,8,15H,2-4,6H2,1H3/t8-/m1/s1. The van der Waals surface area contributed by atoms with E-state index in [2.05, 4.69) is 9.97 Å². The van der Waals surface area contributed by atoms with Crippen LogP contribution in [0.15, 0.2) is 6.07 Å². The summed E-state index contributed by atoms with van der Waals surface area (Å²) < 4.78 is 0. The van der Waals surface area contributed by atoms with E-state index in [9.17, 15) is 5.11 Å². The van der Waals surface area contributed by atoms with Crippen molar-refractivity contribution in [2.45, 2.75) is 25.8 Å². The highest BCUT2D eigenvalue weighted by Crippen LogP contribution is 2.23. The third-order valence-electron chi connectivity index (χ3n) is 2.66. The minimum Gasteiger partial charge on any atom is -0.394 e. The van der Waals surface area contributed by atoms with E-state index >= 15 is 0 Å². The summed E-state index contributed by atoms with van der Waals surface area (Å²) in [6.07, 6.45) is 2.06. The second-order valence-corrected chi connectivity index (χ2v) is 4.19. The molecule has 2 rings (SSSR count). The summed E-state index contributed by atoms with van der Waals surface area (Å²) in [4.78, 5) is 10.5. The number of hydrogen-bond acceptors (Lipinski definition) is 4. The van der Waals surface area contributed by atoms with Crippen LogP contribution in [-0.2, 0) is 0 Å². The maximum absolute atomic E-state index is 9.21. The van der Waals surface area contributed by atoms with Gasteiger partial charge in [0.05, 0.1) is 12.6 Å². The number of aliphatic hydroxyl groups excluding tert-OH is 1. The molecule has 1 saturated heterocycles. The number of aromatic nitrogens is 2. The molecule has 4 nitrogen and oxygen atoms in total. The van der Waals surface area contributed by atoms with Gasteiger partial charge in [-0.3, -0.25) is 0 Å². The summed E-state index contributed by atoms with van der Waals surface area (Å²) in [7, 11) is 0. The zero-order valence-electron chi connectivity index (χ0n) is 8.65. The lowest BCUT2D eigenvalue weighted by Crippen LogP contribution is -2.33. The van der Waals surface area contributed by atoms with Crippen molar-refractivity contribution < 1.29 is 5.11 Å². The minimum absolute atomic E-state index is 0.142. The lowest BCUT2D eigenvalue weighted by atomic mass is 10.2. The van der Waals surface area contributed by atoms with E-state index in [0.717, 1.165) is 25.1 Å². The summed E-state index contributed by atoms with van der Waals surface area (Å²) in [6.45, 7) is 2.93. The molecule has 1 N–H and O–H groups in total. The molecule has 1 fully saturated rings. The van der Waals surface area contributed by atoms with Crippen molar-refractivity contribution >= 4 is 17.5 Å². The molecule has 5 heteroatoms. The van der Waals surface area contributed by atoms with Crippen LogP contribution in [0.25, 0.3) is 0 Å². The molecule has 0 saturated carbocycles. The minimum atomic E-state index is 0.142. The molecule has 0 unspecified atom stereocenters. The predicted octanol–water partition coefficient (Wildman–Crippen LogP) is 1.40. The maximum Gasteiger partial charge on any atom is 0.227 e. The highest BCUT2D eigenvalue weighted by atomic mass is 35.5. The Balaban J connectivity index is 2.28. The maximum atomic E-state index is 9.21. The van der Waals surface area contributed by atoms with Gasteiger partial charge in [-0.25, -0.2) is 9.97 Å². The SMILES string of the molecule is Cc1cc(Cl)nc(N2CCC[C@@H]2CO)n1. The largest absolute Gasteiger partial charge is 0.394 e. The summed E-state index contributed by atoms with van der Waals surface area (Å²) in [5.74, 6) is 0.636. The molecular weight excluding hydrogens is 214 g/mol. The van der Waals surface area contributed by atoms with E-state index < -0.39 is 0 Å². The van der Waals surface area contributed by atoms with Gasteiger partial charge in [0.2, 0.25) is 5.95 Å². The number of aryl methyl sites for hydroxylation is 1. The fourth-order valence-corrected chi connectivity index (χ4v) is 2.17. The zero-order chi connectivity index (χ0) is 10.8. The van der Waals surface area contributed by atoms with Crippen LogP contribution in [0.2, 0.25) is 5.15 Å². The van der Waals surface area contributed by atoms with Gasteiger partial charge in [0.1, 0.15) is 5.15 Å². The van der Waals surface area contributed by atoms with Gasteiger partial charge in [-0.2, -0.15) is 0 Å². The highest BCUT2D eigenvalue weighted by molar-refractivity contribution is 6.29. The van der Waals surface area contributed by atoms with Crippen molar-refractivity contribution in [3.63, 3.8) is 0 Å². The first-order valence-corrected chi connectivity index (χ1v) is 5.47. The van der Waals surface area contributed by atoms with Crippen LogP contribution < -0.4 is 4.90 Å². The Morgan fingerprint density at radius 1 is 1.60 bits per heavy atom. The Hall–Kier alpha value is -0.870. The second kappa shape index (κ2) is 4.33. The van der Waals surface area contributed by atoms with Gasteiger partial charge in [-0.15, -0.1) is 0 Å². The first-order chi connectivity index (χ1) is 7.20. The van der Waals surface area contributed by atoms with Crippen molar-refractivity contribution in [1.82, 2.24) is 9.97 Å². The third kappa shape index (κ3) is 2.21. The summed E-state index contributed by atoms with van der Waals surface area (Å²) >= 11 is 5.88. The molecule has 1 aromatic rings. The van der Waals surface area contributed by atoms with Gasteiger partial charge >= 0.3 is 0 Å². The van der Waals surface area contributed by atoms with Gasteiger partial charge in [-0.05, 0) is 25.8 Å². The Morgan fingerprint density at radius 3 is 3.07 bits per heavy atom. The number of halogens is 1. The zero-order valence-corrected chi connectivity index (χ0v) is 9.41. The van der Waals surface area contributed by atoms with Crippen LogP contribution in [0.5, 0.6) is 0 Å². The molecule has 0 spiro atoms. The van der Waals surface area contributed by atoms with Crippen molar-refractivity contribution in [2.75, 3.05) is 18.1 Å². The lowest BCUT2D eigenvalue weighted by Gasteiger charge is -2.23. The Morgan fingerprint density at radius 2 is 2.40 bits per heavy atom. The Bertz CT molecular complexity index is 338. The smallest absolute Gasteiger partial charge is 0.227 e. The molecule has 82 valence electrons. The molecule has 2 heterocycles. The van der Waals surface area contributed by atoms with Crippen LogP contribution in [0, 0.1) is 6.92 Å². The first kappa shape index (κ1) is 10.6. The number of anilines is 1. The average Bonchev–Trinajstić information content (AvgIpc) is 2.63. The van der Waals surface area contributed by atoms with E-state index in [0.29, 0.717) is 11.1 Å². The van der Waals surface area contributed by atoms with Crippen LogP contribution >= 0.6 is 11.6 Å². The molecule has 0 amide bonds. The van der Waals surface area contributed by atoms with Crippen molar-refractivity contribution in [2.24, 2.45) is 0 Å². The normalized spacial score (nSPS) is 21.0. The monoisotopic (exact) mass is 227 g/mol. The quantitative estimate of drug-likeness (QED) is 0.776. The van der Waals surface area contributed by atoms with E-state index in [1.807, 2.05) is 11.8 Å². The Labute approximate surface area is 93.9 Å². The number of aliphatic hydroxyl groups is 1. The van der Waals surface area contributed by atoms with E-state index in [1.54, 1.807) is 6.07 Å². The molecule has 15 heavy (non-hydrogen) atoms. The second-order valence-electron chi connectivity index (χ2n) is 3.80. The summed E-state index contributed by atoms with van der Waals surface area (Å²) in [5.41, 5.74) is 0.855. The molecule has 0 bridgehead atoms. The van der Waals surface area contributed by atoms with Crippen LogP contribution in [0.1, 0.15) is 18.5 Å². The van der Waals surface area contributed by atoms with Gasteiger partial charge in [-0.1, -0.05) is 11.6 Å². The number of rotatable bonds is 2. The van der Waals surface area contributed by atoms with Crippen LogP contribution in [-0.4, -0.2) is 34.3 Å². The molecule has 1 aromatic heterocycles. The fraction of sp³-hybridized carbons (Fsp3) is 0.600. The lowest BCUT2D eigenvalue weighted by molar-refractivity contribution is 0.265. The Kier molecular flexibility index (Phi) is 3.07. The number of hydrogen-bond donors (Lipinski definition) is 1. The molecule has 0 aromatic carbocycles. The molecular formula is C10H14ClN3O. The van der Waals surface area contributed by atoms with Crippen LogP contribution in [0.3, 0.4) is 0 Å². The van der Waals surface area contributed by atoms with E-state index in [4.69, 9.17) is 11.6 Å². The van der Waals surface area contributed by atoms with E-state index in [-0.39, 0.29) is 12.6 Å².